The molecule has 0 saturated carbocycles. The van der Waals surface area contributed by atoms with Gasteiger partial charge in [0.2, 0.25) is 0 Å². The lowest BCUT2D eigenvalue weighted by atomic mass is 9.80. The Morgan fingerprint density at radius 3 is 0.949 bits per heavy atom. The van der Waals surface area contributed by atoms with Crippen molar-refractivity contribution in [3.63, 3.8) is 0 Å². The van der Waals surface area contributed by atoms with Gasteiger partial charge in [-0.05, 0) is 54.2 Å². The molecule has 0 saturated heterocycles. The van der Waals surface area contributed by atoms with E-state index in [4.69, 9.17) is 31.4 Å². The summed E-state index contributed by atoms with van der Waals surface area (Å²) >= 11 is 0. The Morgan fingerprint density at radius 1 is 0.590 bits per heavy atom. The van der Waals surface area contributed by atoms with E-state index in [1.807, 2.05) is 0 Å². The highest BCUT2D eigenvalue weighted by Crippen LogP contribution is 2.39. The number of nitrogens with two attached hydrogens (primary N) is 3. The first-order valence-corrected chi connectivity index (χ1v) is 12.1. The molecule has 0 heterocycles. The van der Waals surface area contributed by atoms with Gasteiger partial charge < -0.3 is 46.7 Å². The van der Waals surface area contributed by atoms with E-state index in [0.717, 1.165) is 0 Å². The number of benzene rings is 1. The van der Waals surface area contributed by atoms with Crippen LogP contribution in [-0.2, 0) is 48.2 Å². The zero-order valence-electron chi connectivity index (χ0n) is 22.6. The first kappa shape index (κ1) is 33.6. The minimum absolute atomic E-state index is 0.0762. The van der Waals surface area contributed by atoms with E-state index < -0.39 is 56.0 Å². The van der Waals surface area contributed by atoms with E-state index in [0.29, 0.717) is 0 Å². The number of carbonyl (C=O) groups is 3. The monoisotopic (exact) mass is 549 g/mol. The molecule has 216 valence electrons. The molecule has 0 aromatic heterocycles. The molecular weight excluding hydrogens is 510 g/mol. The number of carbonyl (C=O) groups excluding carboxylic acids is 3. The lowest BCUT2D eigenvalue weighted by Gasteiger charge is -2.31. The van der Waals surface area contributed by atoms with Crippen LogP contribution < -0.4 is 17.2 Å². The molecule has 0 fully saturated rings. The third-order valence-electron chi connectivity index (χ3n) is 5.73. The van der Waals surface area contributed by atoms with Crippen LogP contribution >= 0.6 is 0 Å². The van der Waals surface area contributed by atoms with Gasteiger partial charge >= 0.3 is 17.9 Å². The predicted molar refractivity (Wildman–Crippen MR) is 142 cm³/mol. The zero-order chi connectivity index (χ0) is 30.0. The maximum Gasteiger partial charge on any atom is 0.333 e. The Morgan fingerprint density at radius 2 is 0.795 bits per heavy atom. The molecule has 0 aliphatic carbocycles. The molecule has 39 heavy (non-hydrogen) atoms. The summed E-state index contributed by atoms with van der Waals surface area (Å²) in [5, 5.41) is 33.4. The zero-order valence-corrected chi connectivity index (χ0v) is 22.6. The van der Waals surface area contributed by atoms with Crippen LogP contribution in [0.1, 0.15) is 72.5 Å². The summed E-state index contributed by atoms with van der Waals surface area (Å²) in [5.74, 6) is -2.26. The van der Waals surface area contributed by atoms with Crippen molar-refractivity contribution >= 4 is 17.9 Å². The van der Waals surface area contributed by atoms with Crippen molar-refractivity contribution in [1.29, 1.82) is 0 Å². The lowest BCUT2D eigenvalue weighted by Crippen LogP contribution is -2.28. The van der Waals surface area contributed by atoms with Gasteiger partial charge in [-0.25, -0.2) is 14.4 Å². The van der Waals surface area contributed by atoms with Gasteiger partial charge in [-0.3, -0.25) is 0 Å². The smallest absolute Gasteiger partial charge is 0.333 e. The van der Waals surface area contributed by atoms with Crippen molar-refractivity contribution in [2.75, 3.05) is 19.8 Å². The second-order valence-corrected chi connectivity index (χ2v) is 8.97. The second kappa shape index (κ2) is 15.3. The highest BCUT2D eigenvalue weighted by atomic mass is 16.5. The summed E-state index contributed by atoms with van der Waals surface area (Å²) in [6, 6.07) is 0. The largest absolute Gasteiger partial charge is 0.459 e. The van der Waals surface area contributed by atoms with Crippen LogP contribution in [-0.4, -0.2) is 53.0 Å². The van der Waals surface area contributed by atoms with Crippen molar-refractivity contribution < 1.29 is 43.9 Å². The molecule has 1 aromatic carbocycles. The molecule has 9 N–H and O–H groups in total. The number of hydrogen-bond acceptors (Lipinski definition) is 12. The van der Waals surface area contributed by atoms with Crippen LogP contribution in [0.15, 0.2) is 36.5 Å². The fraction of sp³-hybridized carbons (Fsp3) is 0.444. The van der Waals surface area contributed by atoms with Gasteiger partial charge in [0.1, 0.15) is 38.1 Å². The Bertz CT molecular complexity index is 971. The second-order valence-electron chi connectivity index (χ2n) is 8.97. The van der Waals surface area contributed by atoms with Crippen molar-refractivity contribution in [1.82, 2.24) is 0 Å². The summed E-state index contributed by atoms with van der Waals surface area (Å²) in [4.78, 5) is 35.9. The molecule has 12 nitrogen and oxygen atoms in total. The molecule has 12 heteroatoms. The van der Waals surface area contributed by atoms with Crippen LogP contribution in [0.3, 0.4) is 0 Å². The number of esters is 3. The van der Waals surface area contributed by atoms with Gasteiger partial charge in [0.15, 0.2) is 0 Å². The number of aliphatic hydroxyl groups excluding tert-OH is 3. The first-order valence-electron chi connectivity index (χ1n) is 12.1. The number of aliphatic hydroxyl groups is 3. The standard InChI is InChI=1S/C27H39N3O9/c1-13(2)25(34)37-10-19(31)22-16(7-28)23(20(32)11-38-26(35)14(3)4)18(9-30)24(17(22)8-29)21(33)12-39-27(36)15(5)6/h19-21,31-33H,1,3,5,7-12,28-30H2,2,4,6H3. The lowest BCUT2D eigenvalue weighted by molar-refractivity contribution is -0.142. The average Bonchev–Trinajstić information content (AvgIpc) is 2.90. The molecule has 0 aliphatic heterocycles. The van der Waals surface area contributed by atoms with E-state index in [-0.39, 0.29) is 69.7 Å². The van der Waals surface area contributed by atoms with Crippen molar-refractivity contribution in [3.05, 3.63) is 69.8 Å². The first-order chi connectivity index (χ1) is 18.2. The number of hydrogen-bond donors (Lipinski definition) is 6. The normalized spacial score (nSPS) is 13.2. The van der Waals surface area contributed by atoms with Gasteiger partial charge in [0, 0.05) is 36.4 Å². The minimum atomic E-state index is -1.51. The fourth-order valence-corrected chi connectivity index (χ4v) is 3.93. The van der Waals surface area contributed by atoms with Crippen molar-refractivity contribution in [3.8, 4) is 0 Å². The van der Waals surface area contributed by atoms with Crippen molar-refractivity contribution in [2.45, 2.75) is 58.7 Å². The minimum Gasteiger partial charge on any atom is -0.459 e. The molecule has 1 rings (SSSR count). The Labute approximate surface area is 227 Å². The molecule has 0 radical (unpaired) electrons. The Hall–Kier alpha value is -3.39. The van der Waals surface area contributed by atoms with Crippen molar-refractivity contribution in [2.24, 2.45) is 17.2 Å². The molecular formula is C27H39N3O9. The Balaban J connectivity index is 3.85. The summed E-state index contributed by atoms with van der Waals surface area (Å²) < 4.78 is 15.3. The number of rotatable bonds is 15. The van der Waals surface area contributed by atoms with Gasteiger partial charge in [-0.1, -0.05) is 19.7 Å². The molecule has 0 amide bonds. The quantitative estimate of drug-likeness (QED) is 0.100. The molecule has 3 atom stereocenters. The third-order valence-corrected chi connectivity index (χ3v) is 5.73. The molecule has 1 aromatic rings. The third kappa shape index (κ3) is 8.55. The molecule has 0 aliphatic rings. The average molecular weight is 550 g/mol. The topological polar surface area (TPSA) is 218 Å². The summed E-state index contributed by atoms with van der Waals surface area (Å²) in [5.41, 5.74) is 19.3. The fourth-order valence-electron chi connectivity index (χ4n) is 3.93. The summed E-state index contributed by atoms with van der Waals surface area (Å²) in [6.07, 6.45) is -4.53. The highest BCUT2D eigenvalue weighted by molar-refractivity contribution is 5.87. The van der Waals surface area contributed by atoms with E-state index in [1.54, 1.807) is 0 Å². The van der Waals surface area contributed by atoms with Gasteiger partial charge in [-0.2, -0.15) is 0 Å². The summed E-state index contributed by atoms with van der Waals surface area (Å²) in [6.45, 7) is 12.4. The predicted octanol–water partition coefficient (Wildman–Crippen LogP) is 0.521. The highest BCUT2D eigenvalue weighted by Gasteiger charge is 2.32. The SMILES string of the molecule is C=C(C)C(=O)OCC(O)c1c(CN)c(C(O)COC(=O)C(=C)C)c(CN)c(C(O)COC(=O)C(=C)C)c1CN. The van der Waals surface area contributed by atoms with Crippen LogP contribution in [0.4, 0.5) is 0 Å². The summed E-state index contributed by atoms with van der Waals surface area (Å²) in [7, 11) is 0. The molecule has 0 spiro atoms. The van der Waals surface area contributed by atoms with Gasteiger partial charge in [0.05, 0.1) is 0 Å². The molecule has 3 unspecified atom stereocenters. The van der Waals surface area contributed by atoms with Crippen LogP contribution in [0.5, 0.6) is 0 Å². The van der Waals surface area contributed by atoms with Crippen LogP contribution in [0.2, 0.25) is 0 Å². The Kier molecular flexibility index (Phi) is 13.2. The van der Waals surface area contributed by atoms with Gasteiger partial charge in [-0.15, -0.1) is 0 Å². The van der Waals surface area contributed by atoms with E-state index in [2.05, 4.69) is 19.7 Å². The van der Waals surface area contributed by atoms with E-state index >= 15 is 0 Å². The van der Waals surface area contributed by atoms with E-state index in [9.17, 15) is 29.7 Å². The van der Waals surface area contributed by atoms with Gasteiger partial charge in [0.25, 0.3) is 0 Å². The maximum atomic E-state index is 12.0. The number of ether oxygens (including phenoxy) is 3. The molecule has 0 bridgehead atoms. The van der Waals surface area contributed by atoms with Crippen LogP contribution in [0.25, 0.3) is 0 Å². The van der Waals surface area contributed by atoms with E-state index in [1.165, 1.54) is 20.8 Å². The maximum absolute atomic E-state index is 12.0. The van der Waals surface area contributed by atoms with Crippen LogP contribution in [0, 0.1) is 0 Å².